The van der Waals surface area contributed by atoms with E-state index in [2.05, 4.69) is 54.2 Å². The molecule has 6 aliphatic rings. The van der Waals surface area contributed by atoms with Crippen molar-refractivity contribution in [2.75, 3.05) is 0 Å². The van der Waals surface area contributed by atoms with Crippen molar-refractivity contribution >= 4 is 11.8 Å². The van der Waals surface area contributed by atoms with Gasteiger partial charge in [-0.25, -0.2) is 0 Å². The summed E-state index contributed by atoms with van der Waals surface area (Å²) in [6.07, 6.45) is 8.98. The van der Waals surface area contributed by atoms with E-state index in [1.165, 1.54) is 24.2 Å². The van der Waals surface area contributed by atoms with Crippen LogP contribution in [0, 0.1) is 35.5 Å². The summed E-state index contributed by atoms with van der Waals surface area (Å²) in [5, 5.41) is 10.4. The second-order valence-electron chi connectivity index (χ2n) is 8.14. The van der Waals surface area contributed by atoms with Crippen LogP contribution in [0.5, 0.6) is 0 Å². The first-order chi connectivity index (χ1) is 11.4. The Hall–Kier alpha value is -1.09. The molecule has 1 aromatic rings. The molecule has 4 bridgehead atoms. The summed E-state index contributed by atoms with van der Waals surface area (Å²) >= 11 is 2.13. The molecule has 0 spiro atoms. The van der Waals surface area contributed by atoms with Gasteiger partial charge in [0.15, 0.2) is 0 Å². The molecule has 0 unspecified atom stereocenters. The van der Waals surface area contributed by atoms with Crippen molar-refractivity contribution in [3.63, 3.8) is 0 Å². The van der Waals surface area contributed by atoms with Gasteiger partial charge in [-0.2, -0.15) is 10.2 Å². The number of rotatable bonds is 2. The highest BCUT2D eigenvalue weighted by Gasteiger charge is 2.65. The van der Waals surface area contributed by atoms with Gasteiger partial charge in [0.05, 0.1) is 12.1 Å². The number of allylic oxidation sites excluding steroid dienone is 1. The van der Waals surface area contributed by atoms with Crippen molar-refractivity contribution in [2.45, 2.75) is 41.5 Å². The van der Waals surface area contributed by atoms with Crippen LogP contribution in [0.25, 0.3) is 0 Å². The predicted molar refractivity (Wildman–Crippen MR) is 92.5 cm³/mol. The van der Waals surface area contributed by atoms with Gasteiger partial charge in [0, 0.05) is 16.1 Å². The van der Waals surface area contributed by atoms with Crippen LogP contribution in [0.15, 0.2) is 57.6 Å². The third-order valence-electron chi connectivity index (χ3n) is 7.32. The van der Waals surface area contributed by atoms with Crippen LogP contribution in [-0.4, -0.2) is 17.3 Å². The molecule has 0 saturated heterocycles. The molecular formula is C20H22N2S. The summed E-state index contributed by atoms with van der Waals surface area (Å²) in [7, 11) is 0. The number of hydrogen-bond acceptors (Lipinski definition) is 3. The first kappa shape index (κ1) is 13.2. The van der Waals surface area contributed by atoms with Gasteiger partial charge >= 0.3 is 0 Å². The first-order valence-electron chi connectivity index (χ1n) is 9.18. The normalized spacial score (nSPS) is 51.2. The lowest BCUT2D eigenvalue weighted by atomic mass is 9.58. The molecule has 0 N–H and O–H groups in total. The van der Waals surface area contributed by atoms with Crippen molar-refractivity contribution in [3.05, 3.63) is 42.5 Å². The average molecular weight is 322 g/mol. The Morgan fingerprint density at radius 3 is 2.70 bits per heavy atom. The van der Waals surface area contributed by atoms with E-state index in [4.69, 9.17) is 10.2 Å². The minimum Gasteiger partial charge on any atom is -0.190 e. The molecule has 2 nitrogen and oxygen atoms in total. The first-order valence-corrected chi connectivity index (χ1v) is 10.1. The smallest absolute Gasteiger partial charge is 0.0808 e. The van der Waals surface area contributed by atoms with Gasteiger partial charge in [0.1, 0.15) is 0 Å². The van der Waals surface area contributed by atoms with E-state index in [9.17, 15) is 0 Å². The van der Waals surface area contributed by atoms with Gasteiger partial charge in [-0.05, 0) is 61.0 Å². The fraction of sp³-hybridized carbons (Fsp3) is 0.600. The fourth-order valence-electron chi connectivity index (χ4n) is 6.63. The van der Waals surface area contributed by atoms with Crippen LogP contribution in [0.3, 0.4) is 0 Å². The second kappa shape index (κ2) is 4.72. The molecule has 7 rings (SSSR count). The van der Waals surface area contributed by atoms with E-state index in [1.807, 2.05) is 0 Å². The minimum atomic E-state index is 0.520. The Bertz CT molecular complexity index is 684. The van der Waals surface area contributed by atoms with Gasteiger partial charge in [0.25, 0.3) is 0 Å². The van der Waals surface area contributed by atoms with Gasteiger partial charge in [-0.3, -0.25) is 0 Å². The summed E-state index contributed by atoms with van der Waals surface area (Å²) in [4.78, 5) is 1.45. The van der Waals surface area contributed by atoms with E-state index >= 15 is 0 Å². The zero-order chi connectivity index (χ0) is 15.0. The van der Waals surface area contributed by atoms with Gasteiger partial charge < -0.3 is 0 Å². The van der Waals surface area contributed by atoms with Crippen molar-refractivity contribution in [1.82, 2.24) is 0 Å². The highest BCUT2D eigenvalue weighted by molar-refractivity contribution is 8.00. The Morgan fingerprint density at radius 2 is 1.78 bits per heavy atom. The summed E-state index contributed by atoms with van der Waals surface area (Å²) in [5.41, 5.74) is 0. The second-order valence-corrected chi connectivity index (χ2v) is 9.45. The van der Waals surface area contributed by atoms with E-state index in [1.54, 1.807) is 0 Å². The summed E-state index contributed by atoms with van der Waals surface area (Å²) in [6, 6.07) is 12.1. The molecule has 23 heavy (non-hydrogen) atoms. The summed E-state index contributed by atoms with van der Waals surface area (Å²) in [6.45, 7) is 0. The average Bonchev–Trinajstić information content (AvgIpc) is 3.31. The van der Waals surface area contributed by atoms with E-state index < -0.39 is 0 Å². The predicted octanol–water partition coefficient (Wildman–Crippen LogP) is 4.83. The van der Waals surface area contributed by atoms with Crippen molar-refractivity contribution in [3.8, 4) is 0 Å². The van der Waals surface area contributed by atoms with E-state index in [0.29, 0.717) is 12.1 Å². The van der Waals surface area contributed by atoms with Gasteiger partial charge in [-0.1, -0.05) is 30.4 Å². The number of hydrogen-bond donors (Lipinski definition) is 0. The lowest BCUT2D eigenvalue weighted by molar-refractivity contribution is 0.0202. The molecule has 3 saturated carbocycles. The largest absolute Gasteiger partial charge is 0.190 e. The van der Waals surface area contributed by atoms with Crippen LogP contribution < -0.4 is 0 Å². The molecular weight excluding hydrogens is 300 g/mol. The number of benzene rings is 1. The Morgan fingerprint density at radius 1 is 0.913 bits per heavy atom. The van der Waals surface area contributed by atoms with Gasteiger partial charge in [0.2, 0.25) is 0 Å². The van der Waals surface area contributed by atoms with Crippen LogP contribution in [0.1, 0.15) is 19.3 Å². The number of azo groups is 1. The van der Waals surface area contributed by atoms with Gasteiger partial charge in [-0.15, -0.1) is 11.8 Å². The highest BCUT2D eigenvalue weighted by Crippen LogP contribution is 2.66. The number of thioether (sulfide) groups is 1. The van der Waals surface area contributed by atoms with E-state index in [0.717, 1.165) is 40.8 Å². The number of fused-ring (bicyclic) bond motifs is 2. The maximum Gasteiger partial charge on any atom is 0.0808 e. The van der Waals surface area contributed by atoms with Crippen molar-refractivity contribution in [2.24, 2.45) is 45.7 Å². The molecule has 3 fully saturated rings. The molecule has 0 amide bonds. The third kappa shape index (κ3) is 1.72. The lowest BCUT2D eigenvalue weighted by Crippen LogP contribution is -2.55. The molecule has 9 atom stereocenters. The minimum absolute atomic E-state index is 0.520. The molecule has 2 aliphatic heterocycles. The fourth-order valence-corrected chi connectivity index (χ4v) is 8.10. The molecule has 2 heterocycles. The Balaban J connectivity index is 1.31. The SMILES string of the molecule is C1=C[C@@H]2[C@H](C1)[C@@H]1N=N[C@@H]2[C@@H]2[C@@H]3C[C@H]([C@@H]12)[C@@H](Sc1ccccc1)C3. The molecule has 118 valence electrons. The lowest BCUT2D eigenvalue weighted by Gasteiger charge is -2.52. The zero-order valence-corrected chi connectivity index (χ0v) is 14.0. The van der Waals surface area contributed by atoms with Crippen molar-refractivity contribution in [1.29, 1.82) is 0 Å². The maximum atomic E-state index is 4.82. The van der Waals surface area contributed by atoms with Crippen LogP contribution >= 0.6 is 11.8 Å². The Labute approximate surface area is 141 Å². The summed E-state index contributed by atoms with van der Waals surface area (Å²) < 4.78 is 0. The molecule has 0 aromatic heterocycles. The third-order valence-corrected chi connectivity index (χ3v) is 8.71. The molecule has 0 radical (unpaired) electrons. The number of nitrogens with zero attached hydrogens (tertiary/aromatic N) is 2. The van der Waals surface area contributed by atoms with Crippen LogP contribution in [0.4, 0.5) is 0 Å². The van der Waals surface area contributed by atoms with Crippen molar-refractivity contribution < 1.29 is 0 Å². The monoisotopic (exact) mass is 322 g/mol. The Kier molecular flexibility index (Phi) is 2.71. The topological polar surface area (TPSA) is 24.7 Å². The summed E-state index contributed by atoms with van der Waals surface area (Å²) in [5.74, 6) is 4.97. The standard InChI is InChI=1S/C20H22N2S/c1-2-5-12(6-3-1)23-16-10-11-9-15(16)18-17(11)19-13-7-4-8-14(13)20(18)22-21-19/h1-7,11,13-20H,8-10H2/t11-,13-,14+,15+,16+,17-,18-,19+,20+/m1/s1. The molecule has 4 aliphatic carbocycles. The van der Waals surface area contributed by atoms with Crippen LogP contribution in [-0.2, 0) is 0 Å². The van der Waals surface area contributed by atoms with E-state index in [-0.39, 0.29) is 0 Å². The quantitative estimate of drug-likeness (QED) is 0.716. The molecule has 3 heteroatoms. The zero-order valence-electron chi connectivity index (χ0n) is 13.2. The maximum absolute atomic E-state index is 4.82. The molecule has 1 aromatic carbocycles. The highest BCUT2D eigenvalue weighted by atomic mass is 32.2. The van der Waals surface area contributed by atoms with Crippen LogP contribution in [0.2, 0.25) is 0 Å².